The molecule has 2 nitrogen and oxygen atoms in total. The van der Waals surface area contributed by atoms with Crippen molar-refractivity contribution in [3.63, 3.8) is 0 Å². The van der Waals surface area contributed by atoms with Gasteiger partial charge in [-0.2, -0.15) is 0 Å². The van der Waals surface area contributed by atoms with Crippen molar-refractivity contribution in [2.24, 2.45) is 5.73 Å². The van der Waals surface area contributed by atoms with Crippen LogP contribution in [0.15, 0.2) is 35.5 Å². The highest BCUT2D eigenvalue weighted by Crippen LogP contribution is 2.27. The number of hydrogen-bond acceptors (Lipinski definition) is 2. The van der Waals surface area contributed by atoms with Crippen molar-refractivity contribution in [1.82, 2.24) is 5.32 Å². The minimum Gasteiger partial charge on any atom is -0.324 e. The van der Waals surface area contributed by atoms with Crippen LogP contribution in [0.4, 0.5) is 0 Å². The van der Waals surface area contributed by atoms with Gasteiger partial charge in [0.1, 0.15) is 0 Å². The van der Waals surface area contributed by atoms with Crippen LogP contribution in [-0.2, 0) is 0 Å². The number of hydrogen-bond donors (Lipinski definition) is 2. The van der Waals surface area contributed by atoms with E-state index in [-0.39, 0.29) is 6.04 Å². The first kappa shape index (κ1) is 12.2. The number of nitrogens with two attached hydrogens (primary N) is 1. The summed E-state index contributed by atoms with van der Waals surface area (Å²) in [5.74, 6) is 6.19. The molecule has 1 aliphatic carbocycles. The van der Waals surface area contributed by atoms with Gasteiger partial charge in [-0.1, -0.05) is 37.0 Å². The molecular formula is C15H20N2. The van der Waals surface area contributed by atoms with E-state index in [0.29, 0.717) is 12.1 Å². The highest BCUT2D eigenvalue weighted by Gasteiger charge is 2.37. The molecule has 3 N–H and O–H groups in total. The molecule has 0 aromatic carbocycles. The Morgan fingerprint density at radius 3 is 3.24 bits per heavy atom. The van der Waals surface area contributed by atoms with Crippen molar-refractivity contribution in [2.45, 2.75) is 44.8 Å². The van der Waals surface area contributed by atoms with Crippen molar-refractivity contribution in [1.29, 1.82) is 0 Å². The van der Waals surface area contributed by atoms with Gasteiger partial charge < -0.3 is 11.1 Å². The van der Waals surface area contributed by atoms with Crippen molar-refractivity contribution < 1.29 is 0 Å². The largest absolute Gasteiger partial charge is 0.324 e. The summed E-state index contributed by atoms with van der Waals surface area (Å²) < 4.78 is 0. The minimum absolute atomic E-state index is 0.178. The molecule has 3 unspecified atom stereocenters. The maximum absolute atomic E-state index is 5.86. The second-order valence-corrected chi connectivity index (χ2v) is 4.64. The molecule has 0 bridgehead atoms. The van der Waals surface area contributed by atoms with E-state index < -0.39 is 0 Å². The minimum atomic E-state index is 0.178. The first-order valence-electron chi connectivity index (χ1n) is 6.28. The Bertz CT molecular complexity index is 432. The molecule has 2 aliphatic rings. The third kappa shape index (κ3) is 3.09. The molecule has 0 aromatic heterocycles. The van der Waals surface area contributed by atoms with E-state index in [9.17, 15) is 0 Å². The predicted octanol–water partition coefficient (Wildman–Crippen LogP) is 1.90. The third-order valence-corrected chi connectivity index (χ3v) is 3.29. The molecule has 1 saturated heterocycles. The zero-order valence-corrected chi connectivity index (χ0v) is 10.5. The van der Waals surface area contributed by atoms with Gasteiger partial charge in [-0.15, -0.1) is 0 Å². The van der Waals surface area contributed by atoms with Crippen molar-refractivity contribution in [2.75, 3.05) is 0 Å². The summed E-state index contributed by atoms with van der Waals surface area (Å²) in [4.78, 5) is 0. The Kier molecular flexibility index (Phi) is 3.83. The molecule has 1 fully saturated rings. The van der Waals surface area contributed by atoms with E-state index in [4.69, 9.17) is 5.73 Å². The van der Waals surface area contributed by atoms with Crippen LogP contribution >= 0.6 is 0 Å². The summed E-state index contributed by atoms with van der Waals surface area (Å²) in [6.07, 6.45) is 10.4. The van der Waals surface area contributed by atoms with Crippen LogP contribution in [0.5, 0.6) is 0 Å². The molecule has 0 spiro atoms. The molecule has 0 radical (unpaired) electrons. The Morgan fingerprint density at radius 1 is 1.65 bits per heavy atom. The van der Waals surface area contributed by atoms with Crippen molar-refractivity contribution in [3.8, 4) is 11.8 Å². The van der Waals surface area contributed by atoms with Gasteiger partial charge in [0.15, 0.2) is 0 Å². The van der Waals surface area contributed by atoms with Gasteiger partial charge in [0.25, 0.3) is 0 Å². The summed E-state index contributed by atoms with van der Waals surface area (Å²) in [6, 6.07) is 1.04. The van der Waals surface area contributed by atoms with E-state index in [0.717, 1.165) is 12.8 Å². The Morgan fingerprint density at radius 2 is 2.47 bits per heavy atom. The first-order valence-corrected chi connectivity index (χ1v) is 6.28. The average molecular weight is 228 g/mol. The molecule has 0 amide bonds. The van der Waals surface area contributed by atoms with Crippen LogP contribution < -0.4 is 11.1 Å². The fraction of sp³-hybridized carbons (Fsp3) is 0.467. The van der Waals surface area contributed by atoms with Crippen LogP contribution in [0, 0.1) is 11.8 Å². The van der Waals surface area contributed by atoms with Gasteiger partial charge in [-0.25, -0.2) is 0 Å². The lowest BCUT2D eigenvalue weighted by Gasteiger charge is -2.03. The Labute approximate surface area is 104 Å². The Hall–Kier alpha value is -1.30. The van der Waals surface area contributed by atoms with Crippen LogP contribution in [0.2, 0.25) is 0 Å². The molecule has 2 heteroatoms. The normalized spacial score (nSPS) is 28.9. The van der Waals surface area contributed by atoms with Gasteiger partial charge in [-0.05, 0) is 30.6 Å². The molecule has 17 heavy (non-hydrogen) atoms. The maximum atomic E-state index is 5.86. The number of rotatable bonds is 4. The molecule has 1 heterocycles. The lowest BCUT2D eigenvalue weighted by atomic mass is 10.0. The molecular weight excluding hydrogens is 208 g/mol. The second-order valence-electron chi connectivity index (χ2n) is 4.64. The van der Waals surface area contributed by atoms with Crippen molar-refractivity contribution in [3.05, 3.63) is 35.5 Å². The molecule has 90 valence electrons. The highest BCUT2D eigenvalue weighted by molar-refractivity contribution is 5.47. The predicted molar refractivity (Wildman–Crippen MR) is 72.4 cm³/mol. The standard InChI is InChI=1S/C15H20N2/c1-3-12(16)9-10-14-15(17-14)13-8-6-4-5-7-11(13)2/h7-10,12,14-15,17H,3,5,16H2,1-2H3/b10-9-. The van der Waals surface area contributed by atoms with Gasteiger partial charge in [0, 0.05) is 18.5 Å². The van der Waals surface area contributed by atoms with Gasteiger partial charge in [0.05, 0.1) is 6.04 Å². The maximum Gasteiger partial charge on any atom is 0.0526 e. The zero-order valence-electron chi connectivity index (χ0n) is 10.5. The molecule has 1 aliphatic heterocycles. The molecule has 2 rings (SSSR count). The van der Waals surface area contributed by atoms with E-state index in [1.54, 1.807) is 0 Å². The third-order valence-electron chi connectivity index (χ3n) is 3.29. The Balaban J connectivity index is 1.97. The van der Waals surface area contributed by atoms with Gasteiger partial charge in [0.2, 0.25) is 0 Å². The number of nitrogens with one attached hydrogen (secondary N) is 1. The lowest BCUT2D eigenvalue weighted by molar-refractivity contribution is 0.779. The summed E-state index contributed by atoms with van der Waals surface area (Å²) >= 11 is 0. The molecule has 3 atom stereocenters. The quantitative estimate of drug-likeness (QED) is 0.438. The van der Waals surface area contributed by atoms with Crippen LogP contribution in [-0.4, -0.2) is 18.1 Å². The highest BCUT2D eigenvalue weighted by atomic mass is 15.1. The fourth-order valence-corrected chi connectivity index (χ4v) is 1.96. The smallest absolute Gasteiger partial charge is 0.0526 e. The van der Waals surface area contributed by atoms with E-state index in [1.165, 1.54) is 11.1 Å². The van der Waals surface area contributed by atoms with Crippen molar-refractivity contribution >= 4 is 0 Å². The van der Waals surface area contributed by atoms with E-state index >= 15 is 0 Å². The molecule has 0 aromatic rings. The van der Waals surface area contributed by atoms with E-state index in [1.807, 2.05) is 6.08 Å². The van der Waals surface area contributed by atoms with Crippen LogP contribution in [0.3, 0.4) is 0 Å². The SMILES string of the molecule is CCC(N)/C=C\C1NC1C1=CC#CCC=C1C. The monoisotopic (exact) mass is 228 g/mol. The summed E-state index contributed by atoms with van der Waals surface area (Å²) in [7, 11) is 0. The second kappa shape index (κ2) is 5.35. The van der Waals surface area contributed by atoms with Gasteiger partial charge >= 0.3 is 0 Å². The average Bonchev–Trinajstić information content (AvgIpc) is 3.10. The summed E-state index contributed by atoms with van der Waals surface area (Å²) in [5, 5.41) is 3.46. The van der Waals surface area contributed by atoms with Crippen LogP contribution in [0.25, 0.3) is 0 Å². The number of allylic oxidation sites excluding steroid dienone is 2. The van der Waals surface area contributed by atoms with Gasteiger partial charge in [-0.3, -0.25) is 0 Å². The first-order chi connectivity index (χ1) is 8.22. The summed E-state index contributed by atoms with van der Waals surface area (Å²) in [5.41, 5.74) is 8.52. The lowest BCUT2D eigenvalue weighted by Crippen LogP contribution is -2.15. The summed E-state index contributed by atoms with van der Waals surface area (Å²) in [6.45, 7) is 4.25. The topological polar surface area (TPSA) is 48.0 Å². The molecule has 0 saturated carbocycles. The van der Waals surface area contributed by atoms with Crippen LogP contribution in [0.1, 0.15) is 26.7 Å². The van der Waals surface area contributed by atoms with E-state index in [2.05, 4.69) is 49.2 Å². The zero-order chi connectivity index (χ0) is 12.3. The fourth-order valence-electron chi connectivity index (χ4n) is 1.96.